The lowest BCUT2D eigenvalue weighted by Crippen LogP contribution is -2.14. The second-order valence-corrected chi connectivity index (χ2v) is 2.49. The van der Waals surface area contributed by atoms with E-state index in [-0.39, 0.29) is 12.1 Å². The monoisotopic (exact) mass is 178 g/mol. The molecule has 68 valence electrons. The summed E-state index contributed by atoms with van der Waals surface area (Å²) in [5.41, 5.74) is -0.477. The largest absolute Gasteiger partial charge is 0.433 e. The molecule has 0 fully saturated rings. The van der Waals surface area contributed by atoms with Gasteiger partial charge in [-0.05, 0) is 19.4 Å². The maximum Gasteiger partial charge on any atom is 0.433 e. The molecule has 0 aliphatic rings. The zero-order valence-corrected chi connectivity index (χ0v) is 6.81. The van der Waals surface area contributed by atoms with Crippen LogP contribution in [0.25, 0.3) is 0 Å². The maximum absolute atomic E-state index is 12.3. The average Bonchev–Trinajstić information content (AvgIpc) is 2.29. The van der Waals surface area contributed by atoms with Crippen molar-refractivity contribution in [1.29, 1.82) is 0 Å². The number of hydrogen-bond acceptors (Lipinski definition) is 1. The summed E-state index contributed by atoms with van der Waals surface area (Å²) in [5.74, 6) is 0. The van der Waals surface area contributed by atoms with Gasteiger partial charge in [-0.25, -0.2) is 0 Å². The van der Waals surface area contributed by atoms with E-state index in [1.165, 1.54) is 13.1 Å². The summed E-state index contributed by atoms with van der Waals surface area (Å²) >= 11 is 0. The number of alkyl halides is 3. The standard InChI is InChI=1S/C7H9F3N2/c1-3-12-6(7(8,9)10)5(2)4-11-12/h4H,3H2,1-2H3. The van der Waals surface area contributed by atoms with Gasteiger partial charge in [-0.2, -0.15) is 18.3 Å². The first kappa shape index (κ1) is 9.09. The highest BCUT2D eigenvalue weighted by Crippen LogP contribution is 2.31. The minimum absolute atomic E-state index is 0.171. The van der Waals surface area contributed by atoms with Crippen LogP contribution in [0.1, 0.15) is 18.2 Å². The Morgan fingerprint density at radius 1 is 1.50 bits per heavy atom. The van der Waals surface area contributed by atoms with E-state index >= 15 is 0 Å². The molecule has 0 aromatic carbocycles. The molecule has 0 amide bonds. The highest BCUT2D eigenvalue weighted by atomic mass is 19.4. The van der Waals surface area contributed by atoms with Gasteiger partial charge in [0, 0.05) is 6.54 Å². The topological polar surface area (TPSA) is 17.8 Å². The fourth-order valence-corrected chi connectivity index (χ4v) is 1.09. The molecule has 1 aromatic heterocycles. The summed E-state index contributed by atoms with van der Waals surface area (Å²) in [6.07, 6.45) is -3.07. The van der Waals surface area contributed by atoms with Crippen LogP contribution in [0.4, 0.5) is 13.2 Å². The highest BCUT2D eigenvalue weighted by Gasteiger charge is 2.36. The summed E-state index contributed by atoms with van der Waals surface area (Å²) < 4.78 is 37.8. The van der Waals surface area contributed by atoms with E-state index in [2.05, 4.69) is 5.10 Å². The van der Waals surface area contributed by atoms with Crippen molar-refractivity contribution in [2.45, 2.75) is 26.6 Å². The molecular formula is C7H9F3N2. The van der Waals surface area contributed by atoms with Gasteiger partial charge in [0.05, 0.1) is 6.20 Å². The number of halogens is 3. The van der Waals surface area contributed by atoms with E-state index < -0.39 is 11.9 Å². The predicted octanol–water partition coefficient (Wildman–Crippen LogP) is 2.23. The molecule has 0 N–H and O–H groups in total. The van der Waals surface area contributed by atoms with Crippen molar-refractivity contribution < 1.29 is 13.2 Å². The van der Waals surface area contributed by atoms with Gasteiger partial charge in [-0.15, -0.1) is 0 Å². The first-order valence-electron chi connectivity index (χ1n) is 3.56. The number of hydrogen-bond donors (Lipinski definition) is 0. The van der Waals surface area contributed by atoms with Crippen molar-refractivity contribution in [2.75, 3.05) is 0 Å². The van der Waals surface area contributed by atoms with Gasteiger partial charge in [0.25, 0.3) is 0 Å². The Labute approximate surface area is 68.0 Å². The van der Waals surface area contributed by atoms with Crippen molar-refractivity contribution in [1.82, 2.24) is 9.78 Å². The van der Waals surface area contributed by atoms with E-state index in [0.717, 1.165) is 4.68 Å². The molecule has 0 aliphatic heterocycles. The zero-order valence-electron chi connectivity index (χ0n) is 6.81. The van der Waals surface area contributed by atoms with Gasteiger partial charge in [-0.1, -0.05) is 0 Å². The fourth-order valence-electron chi connectivity index (χ4n) is 1.09. The third kappa shape index (κ3) is 1.44. The first-order valence-corrected chi connectivity index (χ1v) is 3.56. The summed E-state index contributed by atoms with van der Waals surface area (Å²) in [6, 6.07) is 0. The first-order chi connectivity index (χ1) is 5.46. The van der Waals surface area contributed by atoms with Crippen LogP contribution < -0.4 is 0 Å². The van der Waals surface area contributed by atoms with Crippen molar-refractivity contribution in [3.8, 4) is 0 Å². The molecule has 0 saturated carbocycles. The Kier molecular flexibility index (Phi) is 2.12. The second kappa shape index (κ2) is 2.80. The Morgan fingerprint density at radius 3 is 2.42 bits per heavy atom. The van der Waals surface area contributed by atoms with Gasteiger partial charge in [0.15, 0.2) is 0 Å². The van der Waals surface area contributed by atoms with E-state index in [1.54, 1.807) is 6.92 Å². The molecule has 2 nitrogen and oxygen atoms in total. The van der Waals surface area contributed by atoms with Crippen LogP contribution in [0.5, 0.6) is 0 Å². The molecule has 12 heavy (non-hydrogen) atoms. The van der Waals surface area contributed by atoms with Crippen LogP contribution in [0.2, 0.25) is 0 Å². The maximum atomic E-state index is 12.3. The number of aryl methyl sites for hydroxylation is 2. The molecular weight excluding hydrogens is 169 g/mol. The molecule has 0 atom stereocenters. The smallest absolute Gasteiger partial charge is 0.260 e. The minimum Gasteiger partial charge on any atom is -0.260 e. The lowest BCUT2D eigenvalue weighted by atomic mass is 10.3. The van der Waals surface area contributed by atoms with Crippen LogP contribution in [0.15, 0.2) is 6.20 Å². The molecule has 1 aromatic rings. The molecule has 0 bridgehead atoms. The molecule has 0 radical (unpaired) electrons. The van der Waals surface area contributed by atoms with Gasteiger partial charge < -0.3 is 0 Å². The Hall–Kier alpha value is -1.00. The van der Waals surface area contributed by atoms with Crippen LogP contribution in [-0.2, 0) is 12.7 Å². The van der Waals surface area contributed by atoms with E-state index in [1.807, 2.05) is 0 Å². The van der Waals surface area contributed by atoms with Crippen LogP contribution >= 0.6 is 0 Å². The van der Waals surface area contributed by atoms with Crippen molar-refractivity contribution in [2.24, 2.45) is 0 Å². The van der Waals surface area contributed by atoms with Gasteiger partial charge in [0.1, 0.15) is 5.69 Å². The van der Waals surface area contributed by atoms with Crippen molar-refractivity contribution >= 4 is 0 Å². The Bertz CT molecular complexity index is 275. The van der Waals surface area contributed by atoms with Gasteiger partial charge in [0.2, 0.25) is 0 Å². The quantitative estimate of drug-likeness (QED) is 0.644. The van der Waals surface area contributed by atoms with Crippen LogP contribution in [-0.4, -0.2) is 9.78 Å². The number of nitrogens with zero attached hydrogens (tertiary/aromatic N) is 2. The highest BCUT2D eigenvalue weighted by molar-refractivity contribution is 5.18. The number of rotatable bonds is 1. The summed E-state index contributed by atoms with van der Waals surface area (Å²) in [6.45, 7) is 3.27. The third-order valence-corrected chi connectivity index (χ3v) is 1.59. The van der Waals surface area contributed by atoms with Gasteiger partial charge >= 0.3 is 6.18 Å². The average molecular weight is 178 g/mol. The van der Waals surface area contributed by atoms with E-state index in [9.17, 15) is 13.2 Å². The van der Waals surface area contributed by atoms with Crippen molar-refractivity contribution in [3.05, 3.63) is 17.5 Å². The second-order valence-electron chi connectivity index (χ2n) is 2.49. The van der Waals surface area contributed by atoms with E-state index in [4.69, 9.17) is 0 Å². The molecule has 0 unspecified atom stereocenters. The molecule has 0 saturated heterocycles. The SMILES string of the molecule is CCn1ncc(C)c1C(F)(F)F. The molecule has 5 heteroatoms. The predicted molar refractivity (Wildman–Crippen MR) is 37.6 cm³/mol. The summed E-state index contributed by atoms with van der Waals surface area (Å²) in [5, 5.41) is 3.60. The fraction of sp³-hybridized carbons (Fsp3) is 0.571. The third-order valence-electron chi connectivity index (χ3n) is 1.59. The van der Waals surface area contributed by atoms with Crippen molar-refractivity contribution in [3.63, 3.8) is 0 Å². The normalized spacial score (nSPS) is 12.1. The molecule has 0 aliphatic carbocycles. The zero-order chi connectivity index (χ0) is 9.35. The minimum atomic E-state index is -4.30. The summed E-state index contributed by atoms with van der Waals surface area (Å²) in [4.78, 5) is 0. The molecule has 1 heterocycles. The molecule has 1 rings (SSSR count). The van der Waals surface area contributed by atoms with Crippen LogP contribution in [0.3, 0.4) is 0 Å². The lowest BCUT2D eigenvalue weighted by Gasteiger charge is -2.09. The summed E-state index contributed by atoms with van der Waals surface area (Å²) in [7, 11) is 0. The van der Waals surface area contributed by atoms with E-state index in [0.29, 0.717) is 0 Å². The number of aromatic nitrogens is 2. The Morgan fingerprint density at radius 2 is 2.08 bits per heavy atom. The van der Waals surface area contributed by atoms with Crippen LogP contribution in [0, 0.1) is 6.92 Å². The lowest BCUT2D eigenvalue weighted by molar-refractivity contribution is -0.144. The Balaban J connectivity index is 3.19. The van der Waals surface area contributed by atoms with Gasteiger partial charge in [-0.3, -0.25) is 4.68 Å². The molecule has 0 spiro atoms.